The molecule has 3 heterocycles. The van der Waals surface area contributed by atoms with Gasteiger partial charge in [-0.3, -0.25) is 0 Å². The molecule has 0 bridgehead atoms. The lowest BCUT2D eigenvalue weighted by atomic mass is 9.90. The molecule has 2 aromatic carbocycles. The van der Waals surface area contributed by atoms with Crippen molar-refractivity contribution >= 4 is 33.8 Å². The molecule has 0 saturated carbocycles. The van der Waals surface area contributed by atoms with Gasteiger partial charge in [0.05, 0.1) is 25.5 Å². The fraction of sp³-hybridized carbons (Fsp3) is 0.355. The van der Waals surface area contributed by atoms with E-state index in [2.05, 4.69) is 34.5 Å². The number of aliphatic hydroxyl groups is 1. The van der Waals surface area contributed by atoms with Crippen molar-refractivity contribution in [3.05, 3.63) is 72.6 Å². The Morgan fingerprint density at radius 2 is 1.90 bits per heavy atom. The number of benzene rings is 2. The van der Waals surface area contributed by atoms with Gasteiger partial charge in [0.15, 0.2) is 0 Å². The Kier molecular flexibility index (Phi) is 7.48. The minimum absolute atomic E-state index is 0.260. The molecule has 1 aliphatic rings. The van der Waals surface area contributed by atoms with E-state index in [1.54, 1.807) is 14.2 Å². The Balaban J connectivity index is 1.33. The molecule has 2 aromatic heterocycles. The highest BCUT2D eigenvalue weighted by Crippen LogP contribution is 2.38. The second-order valence-electron chi connectivity index (χ2n) is 10.6. The fourth-order valence-corrected chi connectivity index (χ4v) is 5.24. The van der Waals surface area contributed by atoms with E-state index in [0.717, 1.165) is 64.6 Å². The highest BCUT2D eigenvalue weighted by molar-refractivity contribution is 6.01. The van der Waals surface area contributed by atoms with Gasteiger partial charge in [-0.2, -0.15) is 0 Å². The van der Waals surface area contributed by atoms with Gasteiger partial charge in [-0.25, -0.2) is 9.97 Å². The maximum absolute atomic E-state index is 10.4. The van der Waals surface area contributed by atoms with Crippen molar-refractivity contribution in [1.29, 1.82) is 0 Å². The van der Waals surface area contributed by atoms with Crippen LogP contribution in [0.1, 0.15) is 25.8 Å². The molecule has 204 valence electrons. The van der Waals surface area contributed by atoms with Crippen molar-refractivity contribution < 1.29 is 14.6 Å². The van der Waals surface area contributed by atoms with Crippen molar-refractivity contribution in [2.45, 2.75) is 32.4 Å². The normalized spacial score (nSPS) is 15.4. The molecular formula is C31H37N5O3. The molecular weight excluding hydrogens is 490 g/mol. The summed E-state index contributed by atoms with van der Waals surface area (Å²) in [5.74, 6) is 3.51. The zero-order chi connectivity index (χ0) is 27.6. The quantitative estimate of drug-likeness (QED) is 0.290. The smallest absolute Gasteiger partial charge is 0.146 e. The second-order valence-corrected chi connectivity index (χ2v) is 10.6. The van der Waals surface area contributed by atoms with Gasteiger partial charge in [0, 0.05) is 67.5 Å². The number of ether oxygens (including phenoxy) is 2. The topological polar surface area (TPSA) is 83.0 Å². The van der Waals surface area contributed by atoms with Crippen LogP contribution in [0.2, 0.25) is 0 Å². The predicted molar refractivity (Wildman–Crippen MR) is 158 cm³/mol. The van der Waals surface area contributed by atoms with Gasteiger partial charge in [-0.1, -0.05) is 18.2 Å². The Labute approximate surface area is 230 Å². The number of rotatable bonds is 9. The SMILES string of the molecule is COc1ccc(N(C)c2nccc3c(NCc4ccc(N5CC[C@H](C(C)(C)O)C5)nc4)cccc23)c(OC)c1. The van der Waals surface area contributed by atoms with Crippen LogP contribution in [0.4, 0.5) is 23.0 Å². The molecule has 1 saturated heterocycles. The van der Waals surface area contributed by atoms with E-state index >= 15 is 0 Å². The van der Waals surface area contributed by atoms with E-state index in [1.165, 1.54) is 0 Å². The van der Waals surface area contributed by atoms with Gasteiger partial charge < -0.3 is 29.7 Å². The van der Waals surface area contributed by atoms with Gasteiger partial charge in [-0.05, 0) is 56.2 Å². The number of nitrogens with zero attached hydrogens (tertiary/aromatic N) is 4. The third kappa shape index (κ3) is 5.56. The van der Waals surface area contributed by atoms with Crippen LogP contribution in [0, 0.1) is 5.92 Å². The van der Waals surface area contributed by atoms with Crippen LogP contribution in [-0.4, -0.2) is 55.0 Å². The highest BCUT2D eigenvalue weighted by Gasteiger charge is 2.33. The summed E-state index contributed by atoms with van der Waals surface area (Å²) in [6.07, 6.45) is 4.75. The summed E-state index contributed by atoms with van der Waals surface area (Å²) in [7, 11) is 5.29. The molecule has 1 atom stereocenters. The van der Waals surface area contributed by atoms with Crippen LogP contribution in [0.15, 0.2) is 67.0 Å². The highest BCUT2D eigenvalue weighted by atomic mass is 16.5. The molecule has 39 heavy (non-hydrogen) atoms. The molecule has 1 fully saturated rings. The molecule has 8 nitrogen and oxygen atoms in total. The average molecular weight is 528 g/mol. The van der Waals surface area contributed by atoms with Crippen LogP contribution in [0.3, 0.4) is 0 Å². The lowest BCUT2D eigenvalue weighted by Gasteiger charge is -2.26. The van der Waals surface area contributed by atoms with Gasteiger partial charge in [0.2, 0.25) is 0 Å². The Morgan fingerprint density at radius 3 is 2.59 bits per heavy atom. The molecule has 1 aliphatic heterocycles. The summed E-state index contributed by atoms with van der Waals surface area (Å²) in [5, 5.41) is 16.1. The molecule has 0 spiro atoms. The van der Waals surface area contributed by atoms with E-state index < -0.39 is 5.60 Å². The molecule has 2 N–H and O–H groups in total. The number of hydrogen-bond donors (Lipinski definition) is 2. The third-order valence-electron chi connectivity index (χ3n) is 7.65. The average Bonchev–Trinajstić information content (AvgIpc) is 3.46. The monoisotopic (exact) mass is 527 g/mol. The van der Waals surface area contributed by atoms with Gasteiger partial charge in [0.25, 0.3) is 0 Å². The summed E-state index contributed by atoms with van der Waals surface area (Å²) in [5.41, 5.74) is 2.36. The number of methoxy groups -OCH3 is 2. The van der Waals surface area contributed by atoms with Gasteiger partial charge in [0.1, 0.15) is 23.1 Å². The number of fused-ring (bicyclic) bond motifs is 1. The first kappa shape index (κ1) is 26.6. The second kappa shape index (κ2) is 11.0. The molecule has 8 heteroatoms. The maximum Gasteiger partial charge on any atom is 0.146 e. The molecule has 0 radical (unpaired) electrons. The molecule has 5 rings (SSSR count). The molecule has 4 aromatic rings. The van der Waals surface area contributed by atoms with E-state index in [1.807, 2.05) is 68.5 Å². The standard InChI is InChI=1S/C31H37N5O3/c1-31(2,37)22-14-16-36(20-22)29-12-9-21(19-34-29)18-33-26-8-6-7-25-24(26)13-15-32-30(25)35(3)27-11-10-23(38-4)17-28(27)39-5/h6-13,15,17,19,22,33,37H,14,16,18,20H2,1-5H3/t22-/m0/s1. The van der Waals surface area contributed by atoms with Crippen LogP contribution >= 0.6 is 0 Å². The zero-order valence-corrected chi connectivity index (χ0v) is 23.3. The molecule has 0 amide bonds. The first-order chi connectivity index (χ1) is 18.8. The van der Waals surface area contributed by atoms with Crippen molar-refractivity contribution in [2.24, 2.45) is 5.92 Å². The summed E-state index contributed by atoms with van der Waals surface area (Å²) in [6, 6.07) is 18.2. The minimum Gasteiger partial charge on any atom is -0.497 e. The van der Waals surface area contributed by atoms with Crippen molar-refractivity contribution in [3.63, 3.8) is 0 Å². The number of anilines is 4. The summed E-state index contributed by atoms with van der Waals surface area (Å²) in [4.78, 5) is 13.7. The molecule has 0 unspecified atom stereocenters. The van der Waals surface area contributed by atoms with Gasteiger partial charge >= 0.3 is 0 Å². The van der Waals surface area contributed by atoms with Crippen molar-refractivity contribution in [1.82, 2.24) is 9.97 Å². The number of nitrogens with one attached hydrogen (secondary N) is 1. The van der Waals surface area contributed by atoms with E-state index in [4.69, 9.17) is 19.4 Å². The third-order valence-corrected chi connectivity index (χ3v) is 7.65. The number of pyridine rings is 2. The van der Waals surface area contributed by atoms with E-state index in [0.29, 0.717) is 12.3 Å². The number of hydrogen-bond acceptors (Lipinski definition) is 8. The first-order valence-electron chi connectivity index (χ1n) is 13.3. The van der Waals surface area contributed by atoms with Crippen LogP contribution in [0.5, 0.6) is 11.5 Å². The Hall–Kier alpha value is -4.04. The van der Waals surface area contributed by atoms with Crippen LogP contribution in [0.25, 0.3) is 10.8 Å². The van der Waals surface area contributed by atoms with E-state index in [9.17, 15) is 5.11 Å². The maximum atomic E-state index is 10.4. The van der Waals surface area contributed by atoms with Crippen molar-refractivity contribution in [3.8, 4) is 11.5 Å². The summed E-state index contributed by atoms with van der Waals surface area (Å²) >= 11 is 0. The largest absolute Gasteiger partial charge is 0.497 e. The summed E-state index contributed by atoms with van der Waals surface area (Å²) < 4.78 is 11.0. The van der Waals surface area contributed by atoms with E-state index in [-0.39, 0.29) is 5.92 Å². The Morgan fingerprint density at radius 1 is 1.05 bits per heavy atom. The predicted octanol–water partition coefficient (Wildman–Crippen LogP) is 5.62. The lowest BCUT2D eigenvalue weighted by Crippen LogP contribution is -2.33. The molecule has 0 aliphatic carbocycles. The number of aromatic nitrogens is 2. The summed E-state index contributed by atoms with van der Waals surface area (Å²) in [6.45, 7) is 6.19. The first-order valence-corrected chi connectivity index (χ1v) is 13.3. The lowest BCUT2D eigenvalue weighted by molar-refractivity contribution is 0.0263. The van der Waals surface area contributed by atoms with Crippen LogP contribution < -0.4 is 24.6 Å². The van der Waals surface area contributed by atoms with Crippen LogP contribution in [-0.2, 0) is 6.54 Å². The zero-order valence-electron chi connectivity index (χ0n) is 23.3. The Bertz CT molecular complexity index is 1430. The van der Waals surface area contributed by atoms with Crippen molar-refractivity contribution in [2.75, 3.05) is 49.5 Å². The minimum atomic E-state index is -0.665. The van der Waals surface area contributed by atoms with Gasteiger partial charge in [-0.15, -0.1) is 0 Å². The fourth-order valence-electron chi connectivity index (χ4n) is 5.24.